The summed E-state index contributed by atoms with van der Waals surface area (Å²) in [5, 5.41) is 2.06. The Morgan fingerprint density at radius 2 is 2.07 bits per heavy atom. The Bertz CT molecular complexity index is 500. The van der Waals surface area contributed by atoms with Gasteiger partial charge in [0.25, 0.3) is 0 Å². The van der Waals surface area contributed by atoms with Gasteiger partial charge in [0.05, 0.1) is 6.54 Å². The van der Waals surface area contributed by atoms with Gasteiger partial charge in [-0.25, -0.2) is 0 Å². The van der Waals surface area contributed by atoms with Crippen LogP contribution in [0.5, 0.6) is 0 Å². The maximum Gasteiger partial charge on any atom is 0.0781 e. The molecule has 1 heterocycles. The van der Waals surface area contributed by atoms with Gasteiger partial charge in [-0.05, 0) is 37.1 Å². The number of quaternary nitrogens is 1. The zero-order valence-electron chi connectivity index (χ0n) is 9.15. The number of aromatic amines is 1. The average Bonchev–Trinajstić information content (AvgIpc) is 2.46. The fraction of sp³-hybridized carbons (Fsp3) is 0.333. The van der Waals surface area contributed by atoms with Gasteiger partial charge in [0.1, 0.15) is 0 Å². The molecule has 3 heteroatoms. The molecule has 2 rings (SSSR count). The third kappa shape index (κ3) is 1.75. The molecular weight excluding hydrogens is 208 g/mol. The van der Waals surface area contributed by atoms with E-state index in [-0.39, 0.29) is 0 Å². The number of hydrogen-bond acceptors (Lipinski definition) is 0. The monoisotopic (exact) mass is 223 g/mol. The zero-order valence-corrected chi connectivity index (χ0v) is 9.91. The summed E-state index contributed by atoms with van der Waals surface area (Å²) < 4.78 is 0. The van der Waals surface area contributed by atoms with E-state index in [4.69, 9.17) is 11.6 Å². The average molecular weight is 224 g/mol. The van der Waals surface area contributed by atoms with Crippen LogP contribution in [0.4, 0.5) is 0 Å². The molecule has 2 aromatic rings. The van der Waals surface area contributed by atoms with Crippen LogP contribution in [0.1, 0.15) is 16.8 Å². The molecule has 0 aliphatic heterocycles. The van der Waals surface area contributed by atoms with Gasteiger partial charge in [0.15, 0.2) is 0 Å². The highest BCUT2D eigenvalue weighted by Crippen LogP contribution is 2.28. The molecule has 4 N–H and O–H groups in total. The maximum atomic E-state index is 6.08. The minimum atomic E-state index is 0.810. The first-order valence-corrected chi connectivity index (χ1v) is 5.58. The van der Waals surface area contributed by atoms with Gasteiger partial charge in [0, 0.05) is 28.0 Å². The van der Waals surface area contributed by atoms with Crippen molar-refractivity contribution in [1.29, 1.82) is 0 Å². The van der Waals surface area contributed by atoms with Crippen LogP contribution in [-0.2, 0) is 6.42 Å². The lowest BCUT2D eigenvalue weighted by molar-refractivity contribution is -0.366. The second kappa shape index (κ2) is 3.87. The molecule has 1 aromatic heterocycles. The zero-order chi connectivity index (χ0) is 11.0. The van der Waals surface area contributed by atoms with E-state index in [9.17, 15) is 0 Å². The molecule has 1 aromatic carbocycles. The highest BCUT2D eigenvalue weighted by Gasteiger charge is 2.10. The fourth-order valence-electron chi connectivity index (χ4n) is 2.11. The third-order valence-electron chi connectivity index (χ3n) is 2.82. The molecule has 0 amide bonds. The number of fused-ring (bicyclic) bond motifs is 1. The lowest BCUT2D eigenvalue weighted by Crippen LogP contribution is -2.51. The number of aryl methyl sites for hydroxylation is 2. The summed E-state index contributed by atoms with van der Waals surface area (Å²) in [5.74, 6) is 0. The van der Waals surface area contributed by atoms with E-state index in [1.165, 1.54) is 27.7 Å². The minimum absolute atomic E-state index is 0.810. The molecule has 0 saturated carbocycles. The van der Waals surface area contributed by atoms with Crippen molar-refractivity contribution >= 4 is 22.5 Å². The standard InChI is InChI=1S/C12H15ClN2/c1-7-5-9(13)6-11-10(3-4-14)8(2)15-12(7)11/h5-6,15H,3-4,14H2,1-2H3/p+1. The quantitative estimate of drug-likeness (QED) is 0.784. The molecule has 0 saturated heterocycles. The van der Waals surface area contributed by atoms with Crippen LogP contribution in [0.15, 0.2) is 12.1 Å². The second-order valence-electron chi connectivity index (χ2n) is 3.98. The Balaban J connectivity index is 2.74. The number of benzene rings is 1. The van der Waals surface area contributed by atoms with Crippen LogP contribution >= 0.6 is 11.6 Å². The van der Waals surface area contributed by atoms with Crippen LogP contribution in [0.25, 0.3) is 10.9 Å². The SMILES string of the molecule is Cc1[nH]c2c(C)cc(Cl)cc2c1CC[NH3+]. The van der Waals surface area contributed by atoms with Crippen molar-refractivity contribution in [3.8, 4) is 0 Å². The first kappa shape index (κ1) is 10.5. The molecule has 0 aliphatic carbocycles. The smallest absolute Gasteiger partial charge is 0.0781 e. The van der Waals surface area contributed by atoms with Crippen molar-refractivity contribution in [2.24, 2.45) is 0 Å². The molecule has 2 nitrogen and oxygen atoms in total. The van der Waals surface area contributed by atoms with E-state index >= 15 is 0 Å². The Kier molecular flexibility index (Phi) is 2.72. The molecular formula is C12H16ClN2+. The third-order valence-corrected chi connectivity index (χ3v) is 3.04. The first-order chi connectivity index (χ1) is 7.13. The van der Waals surface area contributed by atoms with Crippen LogP contribution < -0.4 is 5.73 Å². The van der Waals surface area contributed by atoms with E-state index in [0.29, 0.717) is 0 Å². The van der Waals surface area contributed by atoms with Crippen molar-refractivity contribution in [1.82, 2.24) is 4.98 Å². The van der Waals surface area contributed by atoms with Gasteiger partial charge in [-0.3, -0.25) is 0 Å². The van der Waals surface area contributed by atoms with E-state index in [1.54, 1.807) is 0 Å². The summed E-state index contributed by atoms with van der Waals surface area (Å²) in [6.45, 7) is 5.11. The Morgan fingerprint density at radius 3 is 2.73 bits per heavy atom. The van der Waals surface area contributed by atoms with Crippen LogP contribution in [-0.4, -0.2) is 11.5 Å². The molecule has 0 aliphatic rings. The van der Waals surface area contributed by atoms with Gasteiger partial charge in [0.2, 0.25) is 0 Å². The number of H-pyrrole nitrogens is 1. The molecule has 0 radical (unpaired) electrons. The van der Waals surface area contributed by atoms with Crippen molar-refractivity contribution in [2.75, 3.05) is 6.54 Å². The largest absolute Gasteiger partial charge is 0.358 e. The van der Waals surface area contributed by atoms with Gasteiger partial charge < -0.3 is 10.7 Å². The predicted octanol–water partition coefficient (Wildman–Crippen LogP) is 2.22. The second-order valence-corrected chi connectivity index (χ2v) is 4.41. The summed E-state index contributed by atoms with van der Waals surface area (Å²) in [4.78, 5) is 3.42. The maximum absolute atomic E-state index is 6.08. The molecule has 0 fully saturated rings. The summed E-state index contributed by atoms with van der Waals surface area (Å²) >= 11 is 6.08. The van der Waals surface area contributed by atoms with Crippen molar-refractivity contribution in [3.63, 3.8) is 0 Å². The molecule has 0 unspecified atom stereocenters. The summed E-state index contributed by atoms with van der Waals surface area (Å²) in [6, 6.07) is 4.03. The topological polar surface area (TPSA) is 43.4 Å². The lowest BCUT2D eigenvalue weighted by atomic mass is 10.1. The Labute approximate surface area is 94.4 Å². The van der Waals surface area contributed by atoms with Gasteiger partial charge in [-0.1, -0.05) is 11.6 Å². The van der Waals surface area contributed by atoms with Crippen molar-refractivity contribution < 1.29 is 5.73 Å². The van der Waals surface area contributed by atoms with Gasteiger partial charge in [-0.2, -0.15) is 0 Å². The number of rotatable bonds is 2. The van der Waals surface area contributed by atoms with Gasteiger partial charge in [-0.15, -0.1) is 0 Å². The highest BCUT2D eigenvalue weighted by atomic mass is 35.5. The number of aromatic nitrogens is 1. The molecule has 80 valence electrons. The van der Waals surface area contributed by atoms with Gasteiger partial charge >= 0.3 is 0 Å². The molecule has 0 bridgehead atoms. The van der Waals surface area contributed by atoms with Crippen LogP contribution in [0, 0.1) is 13.8 Å². The Morgan fingerprint density at radius 1 is 1.33 bits per heavy atom. The number of nitrogens with one attached hydrogen (secondary N) is 1. The summed E-state index contributed by atoms with van der Waals surface area (Å²) in [7, 11) is 0. The number of halogens is 1. The van der Waals surface area contributed by atoms with E-state index < -0.39 is 0 Å². The fourth-order valence-corrected chi connectivity index (χ4v) is 2.38. The molecule has 0 atom stereocenters. The summed E-state index contributed by atoms with van der Waals surface area (Å²) in [5.41, 5.74) is 8.91. The minimum Gasteiger partial charge on any atom is -0.358 e. The van der Waals surface area contributed by atoms with Crippen LogP contribution in [0.2, 0.25) is 5.02 Å². The lowest BCUT2D eigenvalue weighted by Gasteiger charge is -1.99. The first-order valence-electron chi connectivity index (χ1n) is 5.20. The van der Waals surface area contributed by atoms with E-state index in [2.05, 4.69) is 24.6 Å². The van der Waals surface area contributed by atoms with Crippen molar-refractivity contribution in [3.05, 3.63) is 34.0 Å². The molecule has 15 heavy (non-hydrogen) atoms. The van der Waals surface area contributed by atoms with Crippen molar-refractivity contribution in [2.45, 2.75) is 20.3 Å². The van der Waals surface area contributed by atoms with Crippen LogP contribution in [0.3, 0.4) is 0 Å². The number of hydrogen-bond donors (Lipinski definition) is 2. The van der Waals surface area contributed by atoms with E-state index in [1.807, 2.05) is 12.1 Å². The molecule has 0 spiro atoms. The van der Waals surface area contributed by atoms with E-state index in [0.717, 1.165) is 18.0 Å². The normalized spacial score (nSPS) is 11.2. The Hall–Kier alpha value is -0.990. The predicted molar refractivity (Wildman–Crippen MR) is 64.2 cm³/mol. The highest BCUT2D eigenvalue weighted by molar-refractivity contribution is 6.31. The summed E-state index contributed by atoms with van der Waals surface area (Å²) in [6.07, 6.45) is 1.01.